The van der Waals surface area contributed by atoms with E-state index >= 15 is 0 Å². The van der Waals surface area contributed by atoms with Gasteiger partial charge in [0.25, 0.3) is 0 Å². The van der Waals surface area contributed by atoms with Gasteiger partial charge in [-0.05, 0) is 12.5 Å². The Morgan fingerprint density at radius 1 is 1.50 bits per heavy atom. The van der Waals surface area contributed by atoms with Crippen molar-refractivity contribution in [3.63, 3.8) is 0 Å². The Bertz CT molecular complexity index is 353. The quantitative estimate of drug-likeness (QED) is 0.806. The highest BCUT2D eigenvalue weighted by molar-refractivity contribution is 5.67. The minimum absolute atomic E-state index is 0.197. The third-order valence-electron chi connectivity index (χ3n) is 2.78. The summed E-state index contributed by atoms with van der Waals surface area (Å²) < 4.78 is 5.10. The summed E-state index contributed by atoms with van der Waals surface area (Å²) in [5.74, 6) is 0. The zero-order valence-corrected chi connectivity index (χ0v) is 9.27. The van der Waals surface area contributed by atoms with Gasteiger partial charge in [-0.1, -0.05) is 30.3 Å². The van der Waals surface area contributed by atoms with Crippen molar-refractivity contribution in [1.29, 1.82) is 0 Å². The summed E-state index contributed by atoms with van der Waals surface area (Å²) in [6, 6.07) is 10.2. The second-order valence-electron chi connectivity index (χ2n) is 4.01. The minimum Gasteiger partial charge on any atom is -0.445 e. The molecule has 86 valence electrons. The predicted molar refractivity (Wildman–Crippen MR) is 61.0 cm³/mol. The third kappa shape index (κ3) is 2.73. The maximum absolute atomic E-state index is 11.4. The molecule has 1 heterocycles. The molecule has 16 heavy (non-hydrogen) atoms. The zero-order chi connectivity index (χ0) is 11.4. The Morgan fingerprint density at radius 3 is 2.81 bits per heavy atom. The highest BCUT2D eigenvalue weighted by Gasteiger charge is 2.27. The number of rotatable bonds is 3. The van der Waals surface area contributed by atoms with Crippen LogP contribution in [0.2, 0.25) is 0 Å². The lowest BCUT2D eigenvalue weighted by Crippen LogP contribution is -2.63. The molecule has 2 N–H and O–H groups in total. The number of ether oxygens (including phenoxy) is 1. The monoisotopic (exact) mass is 220 g/mol. The van der Waals surface area contributed by atoms with Crippen molar-refractivity contribution >= 4 is 6.09 Å². The molecule has 0 radical (unpaired) electrons. The molecule has 1 aliphatic rings. The van der Waals surface area contributed by atoms with Crippen LogP contribution in [0.25, 0.3) is 0 Å². The Balaban J connectivity index is 1.72. The highest BCUT2D eigenvalue weighted by Crippen LogP contribution is 2.04. The van der Waals surface area contributed by atoms with Crippen LogP contribution in [0, 0.1) is 0 Å². The summed E-state index contributed by atoms with van der Waals surface area (Å²) >= 11 is 0. The molecule has 0 saturated carbocycles. The maximum atomic E-state index is 11.4. The van der Waals surface area contributed by atoms with E-state index in [0.29, 0.717) is 12.6 Å². The zero-order valence-electron chi connectivity index (χ0n) is 9.27. The van der Waals surface area contributed by atoms with Crippen molar-refractivity contribution in [2.75, 3.05) is 6.54 Å². The molecule has 1 aliphatic heterocycles. The van der Waals surface area contributed by atoms with Crippen LogP contribution in [0.1, 0.15) is 12.5 Å². The van der Waals surface area contributed by atoms with Crippen LogP contribution in [0.3, 0.4) is 0 Å². The van der Waals surface area contributed by atoms with E-state index in [1.165, 1.54) is 0 Å². The summed E-state index contributed by atoms with van der Waals surface area (Å²) in [7, 11) is 0. The van der Waals surface area contributed by atoms with Crippen molar-refractivity contribution < 1.29 is 9.53 Å². The smallest absolute Gasteiger partial charge is 0.407 e. The van der Waals surface area contributed by atoms with Crippen LogP contribution in [0.5, 0.6) is 0 Å². The van der Waals surface area contributed by atoms with Crippen molar-refractivity contribution in [2.45, 2.75) is 25.6 Å². The molecule has 1 aromatic rings. The molecule has 1 fully saturated rings. The number of hydrogen-bond donors (Lipinski definition) is 2. The topological polar surface area (TPSA) is 50.4 Å². The van der Waals surface area contributed by atoms with Gasteiger partial charge in [0.2, 0.25) is 0 Å². The van der Waals surface area contributed by atoms with E-state index in [1.807, 2.05) is 37.3 Å². The van der Waals surface area contributed by atoms with Crippen molar-refractivity contribution in [1.82, 2.24) is 10.6 Å². The second-order valence-corrected chi connectivity index (χ2v) is 4.01. The van der Waals surface area contributed by atoms with Crippen molar-refractivity contribution in [3.05, 3.63) is 35.9 Å². The summed E-state index contributed by atoms with van der Waals surface area (Å²) in [5.41, 5.74) is 0.998. The van der Waals surface area contributed by atoms with Gasteiger partial charge < -0.3 is 15.4 Å². The first kappa shape index (κ1) is 11.0. The number of nitrogens with one attached hydrogen (secondary N) is 2. The molecule has 2 atom stereocenters. The molecule has 1 amide bonds. The van der Waals surface area contributed by atoms with E-state index in [9.17, 15) is 4.79 Å². The van der Waals surface area contributed by atoms with E-state index in [-0.39, 0.29) is 12.1 Å². The second kappa shape index (κ2) is 4.99. The fourth-order valence-corrected chi connectivity index (χ4v) is 1.56. The SMILES string of the molecule is C[C@@H]1NC[C@@H]1NC(=O)OCc1ccccc1. The number of amides is 1. The summed E-state index contributed by atoms with van der Waals surface area (Å²) in [6.45, 7) is 3.18. The van der Waals surface area contributed by atoms with E-state index < -0.39 is 0 Å². The van der Waals surface area contributed by atoms with Gasteiger partial charge in [-0.25, -0.2) is 4.79 Å². The Hall–Kier alpha value is -1.55. The molecule has 1 saturated heterocycles. The Morgan fingerprint density at radius 2 is 2.25 bits per heavy atom. The lowest BCUT2D eigenvalue weighted by molar-refractivity contribution is 0.127. The first-order valence-electron chi connectivity index (χ1n) is 5.46. The molecule has 2 rings (SSSR count). The van der Waals surface area contributed by atoms with Gasteiger partial charge in [0, 0.05) is 12.6 Å². The van der Waals surface area contributed by atoms with Crippen LogP contribution in [-0.4, -0.2) is 24.7 Å². The summed E-state index contributed by atoms with van der Waals surface area (Å²) in [5, 5.41) is 5.98. The molecule has 0 aliphatic carbocycles. The molecule has 0 unspecified atom stereocenters. The highest BCUT2D eigenvalue weighted by atomic mass is 16.5. The average Bonchev–Trinajstić information content (AvgIpc) is 2.33. The van der Waals surface area contributed by atoms with Gasteiger partial charge in [0.15, 0.2) is 0 Å². The standard InChI is InChI=1S/C12H16N2O2/c1-9-11(7-13-9)14-12(15)16-8-10-5-3-2-4-6-10/h2-6,9,11,13H,7-8H2,1H3,(H,14,15)/t9-,11-/m0/s1. The third-order valence-corrected chi connectivity index (χ3v) is 2.78. The van der Waals surface area contributed by atoms with Crippen molar-refractivity contribution in [2.24, 2.45) is 0 Å². The molecule has 1 aromatic carbocycles. The van der Waals surface area contributed by atoms with Crippen LogP contribution < -0.4 is 10.6 Å². The summed E-state index contributed by atoms with van der Waals surface area (Å²) in [6.07, 6.45) is -0.345. The van der Waals surface area contributed by atoms with Crippen molar-refractivity contribution in [3.8, 4) is 0 Å². The normalized spacial score (nSPS) is 23.3. The molecule has 0 spiro atoms. The van der Waals surface area contributed by atoms with Gasteiger partial charge in [-0.3, -0.25) is 0 Å². The number of carbonyl (C=O) groups excluding carboxylic acids is 1. The number of carbonyl (C=O) groups is 1. The van der Waals surface area contributed by atoms with Crippen LogP contribution in [0.4, 0.5) is 4.79 Å². The van der Waals surface area contributed by atoms with E-state index in [2.05, 4.69) is 10.6 Å². The summed E-state index contributed by atoms with van der Waals surface area (Å²) in [4.78, 5) is 11.4. The fourth-order valence-electron chi connectivity index (χ4n) is 1.56. The van der Waals surface area contributed by atoms with Gasteiger partial charge >= 0.3 is 6.09 Å². The average molecular weight is 220 g/mol. The van der Waals surface area contributed by atoms with E-state index in [4.69, 9.17) is 4.74 Å². The molecular weight excluding hydrogens is 204 g/mol. The minimum atomic E-state index is -0.345. The largest absolute Gasteiger partial charge is 0.445 e. The van der Waals surface area contributed by atoms with E-state index in [0.717, 1.165) is 12.1 Å². The van der Waals surface area contributed by atoms with E-state index in [1.54, 1.807) is 0 Å². The predicted octanol–water partition coefficient (Wildman–Crippen LogP) is 1.27. The fraction of sp³-hybridized carbons (Fsp3) is 0.417. The molecule has 0 bridgehead atoms. The molecular formula is C12H16N2O2. The van der Waals surface area contributed by atoms with Crippen LogP contribution in [0.15, 0.2) is 30.3 Å². The molecule has 0 aromatic heterocycles. The van der Waals surface area contributed by atoms with Gasteiger partial charge in [0.05, 0.1) is 6.04 Å². The van der Waals surface area contributed by atoms with Crippen LogP contribution in [-0.2, 0) is 11.3 Å². The lowest BCUT2D eigenvalue weighted by Gasteiger charge is -2.35. The maximum Gasteiger partial charge on any atom is 0.407 e. The van der Waals surface area contributed by atoms with Gasteiger partial charge in [0.1, 0.15) is 6.61 Å². The van der Waals surface area contributed by atoms with Gasteiger partial charge in [-0.15, -0.1) is 0 Å². The molecule has 4 nitrogen and oxygen atoms in total. The Kier molecular flexibility index (Phi) is 3.41. The first-order valence-corrected chi connectivity index (χ1v) is 5.46. The first-order chi connectivity index (χ1) is 7.75. The van der Waals surface area contributed by atoms with Gasteiger partial charge in [-0.2, -0.15) is 0 Å². The number of benzene rings is 1. The van der Waals surface area contributed by atoms with Crippen LogP contribution >= 0.6 is 0 Å². The number of alkyl carbamates (subject to hydrolysis) is 1. The number of hydrogen-bond acceptors (Lipinski definition) is 3. The Labute approximate surface area is 95.0 Å². The lowest BCUT2D eigenvalue weighted by atomic mass is 10.0. The molecule has 4 heteroatoms.